The van der Waals surface area contributed by atoms with Gasteiger partial charge in [0.15, 0.2) is 0 Å². The van der Waals surface area contributed by atoms with Gasteiger partial charge in [-0.2, -0.15) is 5.10 Å². The smallest absolute Gasteiger partial charge is 0.247 e. The van der Waals surface area contributed by atoms with Gasteiger partial charge in [-0.15, -0.1) is 18.1 Å². The zero-order chi connectivity index (χ0) is 21.1. The van der Waals surface area contributed by atoms with E-state index in [4.69, 9.17) is 0 Å². The van der Waals surface area contributed by atoms with Gasteiger partial charge in [0.25, 0.3) is 0 Å². The van der Waals surface area contributed by atoms with Crippen LogP contribution in [0.1, 0.15) is 46.5 Å². The summed E-state index contributed by atoms with van der Waals surface area (Å²) in [5.74, 6) is 2.28. The number of hydrogen-bond donors (Lipinski definition) is 2. The van der Waals surface area contributed by atoms with Gasteiger partial charge in [0.05, 0.1) is 4.91 Å². The van der Waals surface area contributed by atoms with Crippen LogP contribution in [-0.2, 0) is 4.79 Å². The summed E-state index contributed by atoms with van der Waals surface area (Å²) in [7, 11) is 0. The number of thioether (sulfide) groups is 1. The van der Waals surface area contributed by atoms with Crippen LogP contribution in [0, 0.1) is 12.3 Å². The number of carbonyl (C=O) groups excluding carboxylic acids is 1. The summed E-state index contributed by atoms with van der Waals surface area (Å²) < 4.78 is 0. The summed E-state index contributed by atoms with van der Waals surface area (Å²) in [5.41, 5.74) is 9.31. The molecule has 3 aliphatic rings. The van der Waals surface area contributed by atoms with E-state index in [1.54, 1.807) is 18.7 Å². The molecule has 0 bridgehead atoms. The van der Waals surface area contributed by atoms with Crippen molar-refractivity contribution in [1.82, 2.24) is 15.6 Å². The molecule has 0 radical (unpaired) electrons. The van der Waals surface area contributed by atoms with Gasteiger partial charge in [0, 0.05) is 23.5 Å². The molecule has 3 rings (SSSR count). The van der Waals surface area contributed by atoms with Crippen molar-refractivity contribution in [3.8, 4) is 12.3 Å². The van der Waals surface area contributed by atoms with Gasteiger partial charge in [0.1, 0.15) is 6.04 Å². The number of amides is 1. The third kappa shape index (κ3) is 7.14. The Morgan fingerprint density at radius 1 is 1.52 bits per heavy atom. The topological polar surface area (TPSA) is 56.7 Å². The van der Waals surface area contributed by atoms with Crippen LogP contribution in [0.4, 0.5) is 0 Å². The molecular weight excluding hydrogens is 380 g/mol. The van der Waals surface area contributed by atoms with E-state index in [0.717, 1.165) is 60.8 Å². The van der Waals surface area contributed by atoms with Crippen molar-refractivity contribution in [1.29, 1.82) is 0 Å². The van der Waals surface area contributed by atoms with E-state index in [2.05, 4.69) is 45.7 Å². The Hall–Kier alpha value is -2.45. The third-order valence-electron chi connectivity index (χ3n) is 4.58. The van der Waals surface area contributed by atoms with Crippen molar-refractivity contribution >= 4 is 23.4 Å². The molecule has 0 aromatic carbocycles. The van der Waals surface area contributed by atoms with Crippen LogP contribution in [0.25, 0.3) is 0 Å². The van der Waals surface area contributed by atoms with E-state index in [9.17, 15) is 4.79 Å². The number of hydrogen-bond acceptors (Lipinski definition) is 5. The lowest BCUT2D eigenvalue weighted by Crippen LogP contribution is -2.46. The van der Waals surface area contributed by atoms with Crippen molar-refractivity contribution in [2.24, 2.45) is 5.10 Å². The average Bonchev–Trinajstić information content (AvgIpc) is 3.39. The Morgan fingerprint density at radius 3 is 2.79 bits per heavy atom. The molecule has 154 valence electrons. The average molecular weight is 411 g/mol. The molecule has 29 heavy (non-hydrogen) atoms. The SMILES string of the molecule is C#CC.CC/C(=C\C=C1/CC(C)=NN1)NC(=O)C(C1=C=CC=CS1)N1CCCC1. The van der Waals surface area contributed by atoms with E-state index in [1.165, 1.54) is 0 Å². The number of allylic oxidation sites excluding steroid dienone is 5. The highest BCUT2D eigenvalue weighted by molar-refractivity contribution is 8.05. The Kier molecular flexibility index (Phi) is 9.59. The molecule has 6 heteroatoms. The predicted molar refractivity (Wildman–Crippen MR) is 123 cm³/mol. The molecule has 0 aromatic heterocycles. The van der Waals surface area contributed by atoms with Crippen molar-refractivity contribution < 1.29 is 4.79 Å². The molecule has 0 saturated carbocycles. The summed E-state index contributed by atoms with van der Waals surface area (Å²) in [5, 5.41) is 9.32. The first kappa shape index (κ1) is 22.8. The van der Waals surface area contributed by atoms with Crippen molar-refractivity contribution in [2.45, 2.75) is 52.5 Å². The van der Waals surface area contributed by atoms with Gasteiger partial charge in [-0.3, -0.25) is 15.1 Å². The van der Waals surface area contributed by atoms with E-state index >= 15 is 0 Å². The van der Waals surface area contributed by atoms with Crippen molar-refractivity contribution in [3.05, 3.63) is 51.7 Å². The fourth-order valence-corrected chi connectivity index (χ4v) is 4.03. The zero-order valence-electron chi connectivity index (χ0n) is 17.5. The number of nitrogens with one attached hydrogen (secondary N) is 2. The molecule has 3 aliphatic heterocycles. The summed E-state index contributed by atoms with van der Waals surface area (Å²) in [4.78, 5) is 16.3. The van der Waals surface area contributed by atoms with Crippen LogP contribution >= 0.6 is 11.8 Å². The van der Waals surface area contributed by atoms with Crippen molar-refractivity contribution in [3.63, 3.8) is 0 Å². The van der Waals surface area contributed by atoms with Crippen LogP contribution in [0.15, 0.2) is 56.8 Å². The minimum atomic E-state index is -0.263. The first-order valence-corrected chi connectivity index (χ1v) is 10.9. The minimum Gasteiger partial charge on any atom is -0.328 e. The van der Waals surface area contributed by atoms with Gasteiger partial charge < -0.3 is 5.32 Å². The Morgan fingerprint density at radius 2 is 2.24 bits per heavy atom. The molecular formula is C23H30N4OS. The first-order valence-electron chi connectivity index (χ1n) is 9.98. The molecule has 1 atom stereocenters. The lowest BCUT2D eigenvalue weighted by atomic mass is 10.2. The number of carbonyl (C=O) groups is 1. The molecule has 0 aliphatic carbocycles. The maximum atomic E-state index is 13.1. The minimum absolute atomic E-state index is 0.0314. The molecule has 0 aromatic rings. The highest BCUT2D eigenvalue weighted by Crippen LogP contribution is 2.28. The summed E-state index contributed by atoms with van der Waals surface area (Å²) in [6.45, 7) is 7.63. The van der Waals surface area contributed by atoms with Gasteiger partial charge >= 0.3 is 0 Å². The van der Waals surface area contributed by atoms with Crippen LogP contribution in [0.5, 0.6) is 0 Å². The summed E-state index contributed by atoms with van der Waals surface area (Å²) in [6, 6.07) is -0.263. The second-order valence-corrected chi connectivity index (χ2v) is 7.87. The van der Waals surface area contributed by atoms with Crippen LogP contribution < -0.4 is 10.7 Å². The Bertz CT molecular complexity index is 816. The summed E-state index contributed by atoms with van der Waals surface area (Å²) >= 11 is 1.59. The third-order valence-corrected chi connectivity index (χ3v) is 5.47. The molecule has 1 saturated heterocycles. The number of nitrogens with zero attached hydrogens (tertiary/aromatic N) is 2. The van der Waals surface area contributed by atoms with E-state index in [1.807, 2.05) is 36.6 Å². The highest BCUT2D eigenvalue weighted by Gasteiger charge is 2.32. The molecule has 0 spiro atoms. The first-order chi connectivity index (χ1) is 14.1. The summed E-state index contributed by atoms with van der Waals surface area (Å²) in [6.07, 6.45) is 16.3. The predicted octanol–water partition coefficient (Wildman–Crippen LogP) is 4.05. The second kappa shape index (κ2) is 12.2. The van der Waals surface area contributed by atoms with E-state index in [-0.39, 0.29) is 11.9 Å². The van der Waals surface area contributed by atoms with Crippen LogP contribution in [-0.4, -0.2) is 35.7 Å². The molecule has 3 heterocycles. The second-order valence-electron chi connectivity index (χ2n) is 6.92. The normalized spacial score (nSPS) is 20.9. The number of rotatable bonds is 6. The highest BCUT2D eigenvalue weighted by atomic mass is 32.2. The maximum absolute atomic E-state index is 13.1. The number of terminal acetylenes is 1. The lowest BCUT2D eigenvalue weighted by molar-refractivity contribution is -0.123. The molecule has 2 N–H and O–H groups in total. The van der Waals surface area contributed by atoms with Gasteiger partial charge in [-0.05, 0) is 75.9 Å². The molecule has 5 nitrogen and oxygen atoms in total. The standard InChI is InChI=1S/C20H26N4OS.C3H4/c1-3-16(9-10-17-14-15(2)22-23-17)21-20(25)19(24-11-5-6-12-24)18-8-4-7-13-26-18;1-3-2/h4,7,9-10,13,19,23H,3,5-6,11-12,14H2,1-2H3,(H,21,25);1H,2H3/b16-9+,17-10+;. The Labute approximate surface area is 178 Å². The lowest BCUT2D eigenvalue weighted by Gasteiger charge is -2.27. The van der Waals surface area contributed by atoms with Crippen molar-refractivity contribution in [2.75, 3.05) is 13.1 Å². The molecule has 1 amide bonds. The van der Waals surface area contributed by atoms with Gasteiger partial charge in [-0.25, -0.2) is 0 Å². The van der Waals surface area contributed by atoms with Crippen LogP contribution in [0.2, 0.25) is 0 Å². The quantitative estimate of drug-likeness (QED) is 0.512. The fourth-order valence-electron chi connectivity index (χ4n) is 3.20. The molecule has 1 fully saturated rings. The van der Waals surface area contributed by atoms with Crippen LogP contribution in [0.3, 0.4) is 0 Å². The number of likely N-dealkylation sites (tertiary alicyclic amines) is 1. The van der Waals surface area contributed by atoms with E-state index < -0.39 is 0 Å². The van der Waals surface area contributed by atoms with Gasteiger partial charge in [0.2, 0.25) is 5.91 Å². The zero-order valence-corrected chi connectivity index (χ0v) is 18.3. The van der Waals surface area contributed by atoms with Gasteiger partial charge in [-0.1, -0.05) is 18.7 Å². The fraction of sp³-hybridized carbons (Fsp3) is 0.435. The maximum Gasteiger partial charge on any atom is 0.247 e. The Balaban J connectivity index is 0.000000941. The molecule has 1 unspecified atom stereocenters. The largest absolute Gasteiger partial charge is 0.328 e. The van der Waals surface area contributed by atoms with E-state index in [0.29, 0.717) is 0 Å². The number of hydrazone groups is 1. The monoisotopic (exact) mass is 410 g/mol.